The quantitative estimate of drug-likeness (QED) is 0.693. The van der Waals surface area contributed by atoms with Crippen LogP contribution in [0, 0.1) is 0 Å². The summed E-state index contributed by atoms with van der Waals surface area (Å²) in [5.41, 5.74) is 1.31. The van der Waals surface area contributed by atoms with Crippen LogP contribution in [-0.4, -0.2) is 38.5 Å². The molecule has 14 heavy (non-hydrogen) atoms. The number of hydrogen-bond donors (Lipinski definition) is 1. The molecule has 0 aromatic heterocycles. The van der Waals surface area contributed by atoms with Gasteiger partial charge in [-0.3, -0.25) is 0 Å². The largest absolute Gasteiger partial charge is 0.376 e. The molecule has 2 unspecified atom stereocenters. The van der Waals surface area contributed by atoms with E-state index in [0.717, 1.165) is 13.2 Å². The third-order valence-electron chi connectivity index (χ3n) is 2.19. The van der Waals surface area contributed by atoms with Crippen molar-refractivity contribution in [3.05, 3.63) is 11.6 Å². The van der Waals surface area contributed by atoms with Gasteiger partial charge in [0.25, 0.3) is 0 Å². The van der Waals surface area contributed by atoms with Gasteiger partial charge >= 0.3 is 0 Å². The van der Waals surface area contributed by atoms with Gasteiger partial charge in [-0.15, -0.1) is 0 Å². The molecule has 1 aliphatic heterocycles. The summed E-state index contributed by atoms with van der Waals surface area (Å²) < 4.78 is 11.1. The molecule has 1 fully saturated rings. The number of allylic oxidation sites excluding steroid dienone is 1. The Kier molecular flexibility index (Phi) is 5.15. The number of rotatable bonds is 4. The van der Waals surface area contributed by atoms with E-state index in [2.05, 4.69) is 32.2 Å². The second kappa shape index (κ2) is 6.17. The first-order chi connectivity index (χ1) is 6.74. The zero-order chi connectivity index (χ0) is 10.4. The minimum absolute atomic E-state index is 0.165. The molecule has 0 saturated carbocycles. The first-order valence-electron chi connectivity index (χ1n) is 5.31. The minimum Gasteiger partial charge on any atom is -0.376 e. The molecule has 1 N–H and O–H groups in total. The Hall–Kier alpha value is -0.380. The van der Waals surface area contributed by atoms with Gasteiger partial charge in [0.1, 0.15) is 0 Å². The summed E-state index contributed by atoms with van der Waals surface area (Å²) in [6.45, 7) is 9.40. The van der Waals surface area contributed by atoms with Crippen LogP contribution in [0.25, 0.3) is 0 Å². The molecule has 1 aliphatic rings. The third-order valence-corrected chi connectivity index (χ3v) is 2.19. The zero-order valence-electron chi connectivity index (χ0n) is 9.38. The molecule has 0 bridgehead atoms. The molecule has 1 saturated heterocycles. The Morgan fingerprint density at radius 1 is 1.50 bits per heavy atom. The Balaban J connectivity index is 2.51. The second-order valence-electron chi connectivity index (χ2n) is 3.81. The molecule has 1 rings (SSSR count). The Morgan fingerprint density at radius 2 is 2.29 bits per heavy atom. The highest BCUT2D eigenvalue weighted by molar-refractivity contribution is 5.04. The van der Waals surface area contributed by atoms with Crippen LogP contribution in [0.1, 0.15) is 20.8 Å². The minimum atomic E-state index is 0.165. The summed E-state index contributed by atoms with van der Waals surface area (Å²) in [6, 6.07) is 0.283. The fraction of sp³-hybridized carbons (Fsp3) is 0.818. The zero-order valence-corrected chi connectivity index (χ0v) is 9.38. The van der Waals surface area contributed by atoms with Crippen molar-refractivity contribution in [2.24, 2.45) is 0 Å². The third kappa shape index (κ3) is 3.78. The van der Waals surface area contributed by atoms with Gasteiger partial charge in [-0.1, -0.05) is 18.6 Å². The molecule has 3 heteroatoms. The summed E-state index contributed by atoms with van der Waals surface area (Å²) in [4.78, 5) is 0. The summed E-state index contributed by atoms with van der Waals surface area (Å²) in [5, 5.41) is 3.40. The highest BCUT2D eigenvalue weighted by atomic mass is 16.6. The highest BCUT2D eigenvalue weighted by Crippen LogP contribution is 2.08. The monoisotopic (exact) mass is 199 g/mol. The van der Waals surface area contributed by atoms with Crippen molar-refractivity contribution in [1.82, 2.24) is 5.32 Å². The highest BCUT2D eigenvalue weighted by Gasteiger charge is 2.22. The van der Waals surface area contributed by atoms with Crippen LogP contribution >= 0.6 is 0 Å². The van der Waals surface area contributed by atoms with Crippen molar-refractivity contribution >= 4 is 0 Å². The molecule has 2 atom stereocenters. The normalized spacial score (nSPS) is 24.4. The van der Waals surface area contributed by atoms with Crippen molar-refractivity contribution in [1.29, 1.82) is 0 Å². The van der Waals surface area contributed by atoms with E-state index in [1.807, 2.05) is 0 Å². The summed E-state index contributed by atoms with van der Waals surface area (Å²) in [6.07, 6.45) is 2.38. The van der Waals surface area contributed by atoms with E-state index in [-0.39, 0.29) is 12.1 Å². The maximum Gasteiger partial charge on any atom is 0.0997 e. The lowest BCUT2D eigenvalue weighted by Crippen LogP contribution is -2.45. The van der Waals surface area contributed by atoms with E-state index < -0.39 is 0 Å². The van der Waals surface area contributed by atoms with Gasteiger partial charge in [0.05, 0.1) is 32.0 Å². The van der Waals surface area contributed by atoms with Crippen molar-refractivity contribution in [2.45, 2.75) is 32.9 Å². The Labute approximate surface area is 86.5 Å². The SMILES string of the molecule is CCNC(C=C(C)C)C1COCCO1. The lowest BCUT2D eigenvalue weighted by Gasteiger charge is -2.29. The maximum absolute atomic E-state index is 5.66. The molecular formula is C11H21NO2. The van der Waals surface area contributed by atoms with Crippen LogP contribution in [0.4, 0.5) is 0 Å². The molecule has 0 aromatic carbocycles. The van der Waals surface area contributed by atoms with Crippen molar-refractivity contribution < 1.29 is 9.47 Å². The first kappa shape index (κ1) is 11.7. The molecule has 0 radical (unpaired) electrons. The van der Waals surface area contributed by atoms with Crippen LogP contribution < -0.4 is 5.32 Å². The number of nitrogens with one attached hydrogen (secondary N) is 1. The van der Waals surface area contributed by atoms with E-state index >= 15 is 0 Å². The first-order valence-corrected chi connectivity index (χ1v) is 5.31. The number of likely N-dealkylation sites (N-methyl/N-ethyl adjacent to an activating group) is 1. The van der Waals surface area contributed by atoms with Gasteiger partial charge in [-0.25, -0.2) is 0 Å². The Morgan fingerprint density at radius 3 is 2.79 bits per heavy atom. The number of hydrogen-bond acceptors (Lipinski definition) is 3. The maximum atomic E-state index is 5.66. The Bertz CT molecular complexity index is 182. The predicted molar refractivity (Wildman–Crippen MR) is 57.5 cm³/mol. The average Bonchev–Trinajstić information content (AvgIpc) is 2.18. The van der Waals surface area contributed by atoms with Crippen LogP contribution in [0.5, 0.6) is 0 Å². The fourth-order valence-electron chi connectivity index (χ4n) is 1.61. The standard InChI is InChI=1S/C11H21NO2/c1-4-12-10(7-9(2)3)11-8-13-5-6-14-11/h7,10-12H,4-6,8H2,1-3H3. The van der Waals surface area contributed by atoms with Crippen LogP contribution in [0.15, 0.2) is 11.6 Å². The average molecular weight is 199 g/mol. The van der Waals surface area contributed by atoms with E-state index in [9.17, 15) is 0 Å². The summed E-state index contributed by atoms with van der Waals surface area (Å²) in [7, 11) is 0. The van der Waals surface area contributed by atoms with Crippen LogP contribution in [0.2, 0.25) is 0 Å². The molecule has 0 aromatic rings. The fourth-order valence-corrected chi connectivity index (χ4v) is 1.61. The molecule has 0 spiro atoms. The van der Waals surface area contributed by atoms with E-state index in [0.29, 0.717) is 13.2 Å². The van der Waals surface area contributed by atoms with Crippen LogP contribution in [-0.2, 0) is 9.47 Å². The van der Waals surface area contributed by atoms with Gasteiger partial charge in [0, 0.05) is 0 Å². The molecule has 82 valence electrons. The molecule has 1 heterocycles. The van der Waals surface area contributed by atoms with E-state index in [1.165, 1.54) is 5.57 Å². The van der Waals surface area contributed by atoms with Gasteiger partial charge in [0.15, 0.2) is 0 Å². The van der Waals surface area contributed by atoms with Crippen molar-refractivity contribution in [3.8, 4) is 0 Å². The van der Waals surface area contributed by atoms with Gasteiger partial charge < -0.3 is 14.8 Å². The lowest BCUT2D eigenvalue weighted by molar-refractivity contribution is -0.0954. The summed E-state index contributed by atoms with van der Waals surface area (Å²) >= 11 is 0. The molecule has 0 aliphatic carbocycles. The lowest BCUT2D eigenvalue weighted by atomic mass is 10.1. The smallest absolute Gasteiger partial charge is 0.0997 e. The number of ether oxygens (including phenoxy) is 2. The predicted octanol–water partition coefficient (Wildman–Crippen LogP) is 1.35. The van der Waals surface area contributed by atoms with Crippen LogP contribution in [0.3, 0.4) is 0 Å². The second-order valence-corrected chi connectivity index (χ2v) is 3.81. The molecule has 0 amide bonds. The van der Waals surface area contributed by atoms with Crippen molar-refractivity contribution in [2.75, 3.05) is 26.4 Å². The topological polar surface area (TPSA) is 30.5 Å². The van der Waals surface area contributed by atoms with Gasteiger partial charge in [-0.2, -0.15) is 0 Å². The molecule has 3 nitrogen and oxygen atoms in total. The van der Waals surface area contributed by atoms with Gasteiger partial charge in [0.2, 0.25) is 0 Å². The summed E-state index contributed by atoms with van der Waals surface area (Å²) in [5.74, 6) is 0. The van der Waals surface area contributed by atoms with E-state index in [1.54, 1.807) is 0 Å². The van der Waals surface area contributed by atoms with Gasteiger partial charge in [-0.05, 0) is 20.4 Å². The van der Waals surface area contributed by atoms with Crippen molar-refractivity contribution in [3.63, 3.8) is 0 Å². The molecular weight excluding hydrogens is 178 g/mol. The van der Waals surface area contributed by atoms with E-state index in [4.69, 9.17) is 9.47 Å².